The third-order valence-corrected chi connectivity index (χ3v) is 7.47. The fraction of sp³-hybridized carbons (Fsp3) is 0.647. The van der Waals surface area contributed by atoms with Crippen LogP contribution in [0.4, 0.5) is 0 Å². The molecule has 0 fully saturated rings. The SMILES string of the molecule is CCCCc1cc(CCSCP(=O)(OCC)OCC)n2nccc2n1. The lowest BCUT2D eigenvalue weighted by Crippen LogP contribution is -2.05. The molecule has 0 spiro atoms. The number of hydrogen-bond donors (Lipinski definition) is 0. The summed E-state index contributed by atoms with van der Waals surface area (Å²) in [5.74, 6) is 0.830. The van der Waals surface area contributed by atoms with Crippen molar-refractivity contribution in [2.45, 2.75) is 46.5 Å². The highest BCUT2D eigenvalue weighted by Gasteiger charge is 2.23. The molecule has 2 rings (SSSR count). The first-order valence-electron chi connectivity index (χ1n) is 8.90. The normalized spacial score (nSPS) is 12.1. The van der Waals surface area contributed by atoms with E-state index in [0.717, 1.165) is 48.5 Å². The molecular weight excluding hydrogens is 357 g/mol. The number of nitrogens with zero attached hydrogens (tertiary/aromatic N) is 3. The summed E-state index contributed by atoms with van der Waals surface area (Å²) in [5.41, 5.74) is 3.52. The Morgan fingerprint density at radius 2 is 1.96 bits per heavy atom. The van der Waals surface area contributed by atoms with Crippen molar-refractivity contribution < 1.29 is 13.6 Å². The summed E-state index contributed by atoms with van der Waals surface area (Å²) in [4.78, 5) is 4.66. The Balaban J connectivity index is 1.97. The molecule has 6 nitrogen and oxygen atoms in total. The van der Waals surface area contributed by atoms with Gasteiger partial charge in [-0.3, -0.25) is 4.57 Å². The van der Waals surface area contributed by atoms with Crippen molar-refractivity contribution in [3.8, 4) is 0 Å². The largest absolute Gasteiger partial charge is 0.340 e. The van der Waals surface area contributed by atoms with Gasteiger partial charge in [-0.05, 0) is 44.9 Å². The van der Waals surface area contributed by atoms with E-state index in [-0.39, 0.29) is 0 Å². The number of thioether (sulfide) groups is 1. The Labute approximate surface area is 154 Å². The summed E-state index contributed by atoms with van der Waals surface area (Å²) in [7, 11) is -2.97. The highest BCUT2D eigenvalue weighted by atomic mass is 32.2. The number of aromatic nitrogens is 3. The van der Waals surface area contributed by atoms with Crippen LogP contribution in [0.3, 0.4) is 0 Å². The summed E-state index contributed by atoms with van der Waals surface area (Å²) in [6.45, 7) is 6.65. The molecule has 25 heavy (non-hydrogen) atoms. The van der Waals surface area contributed by atoms with Gasteiger partial charge in [0.05, 0.1) is 24.9 Å². The average molecular weight is 385 g/mol. The summed E-state index contributed by atoms with van der Waals surface area (Å²) in [6.07, 6.45) is 5.89. The minimum atomic E-state index is -2.97. The van der Waals surface area contributed by atoms with E-state index in [2.05, 4.69) is 23.1 Å². The van der Waals surface area contributed by atoms with Gasteiger partial charge in [0.2, 0.25) is 0 Å². The number of rotatable bonds is 12. The van der Waals surface area contributed by atoms with Gasteiger partial charge in [-0.2, -0.15) is 5.10 Å². The molecule has 0 atom stereocenters. The smallest absolute Gasteiger partial charge is 0.308 e. The van der Waals surface area contributed by atoms with Crippen LogP contribution in [0.15, 0.2) is 18.3 Å². The topological polar surface area (TPSA) is 65.7 Å². The average Bonchev–Trinajstić information content (AvgIpc) is 3.06. The summed E-state index contributed by atoms with van der Waals surface area (Å²) in [5, 5.41) is 4.37. The molecule has 0 aliphatic carbocycles. The number of fused-ring (bicyclic) bond motifs is 1. The van der Waals surface area contributed by atoms with E-state index in [0.29, 0.717) is 18.7 Å². The molecular formula is C17H28N3O3PS. The third kappa shape index (κ3) is 6.10. The highest BCUT2D eigenvalue weighted by Crippen LogP contribution is 2.50. The summed E-state index contributed by atoms with van der Waals surface area (Å²) >= 11 is 1.60. The summed E-state index contributed by atoms with van der Waals surface area (Å²) < 4.78 is 25.0. The second-order valence-corrected chi connectivity index (χ2v) is 9.26. The Morgan fingerprint density at radius 3 is 2.64 bits per heavy atom. The fourth-order valence-corrected chi connectivity index (χ4v) is 5.78. The molecule has 0 aromatic carbocycles. The van der Waals surface area contributed by atoms with E-state index < -0.39 is 7.60 Å². The molecule has 0 aliphatic heterocycles. The Hall–Kier alpha value is -0.880. The fourth-order valence-electron chi connectivity index (χ4n) is 2.56. The zero-order chi connectivity index (χ0) is 18.1. The minimum Gasteiger partial charge on any atom is -0.308 e. The van der Waals surface area contributed by atoms with E-state index >= 15 is 0 Å². The lowest BCUT2D eigenvalue weighted by atomic mass is 10.1. The van der Waals surface area contributed by atoms with Crippen LogP contribution in [0.5, 0.6) is 0 Å². The maximum atomic E-state index is 12.5. The zero-order valence-electron chi connectivity index (χ0n) is 15.3. The van der Waals surface area contributed by atoms with Gasteiger partial charge in [-0.25, -0.2) is 9.50 Å². The molecule has 0 saturated carbocycles. The van der Waals surface area contributed by atoms with Gasteiger partial charge in [0.25, 0.3) is 0 Å². The lowest BCUT2D eigenvalue weighted by Gasteiger charge is -2.16. The molecule has 0 aliphatic rings. The van der Waals surface area contributed by atoms with Gasteiger partial charge in [0.15, 0.2) is 5.65 Å². The number of unbranched alkanes of at least 4 members (excludes halogenated alkanes) is 1. The van der Waals surface area contributed by atoms with Gasteiger partial charge in [-0.15, -0.1) is 11.8 Å². The molecule has 0 N–H and O–H groups in total. The molecule has 2 aromatic rings. The predicted octanol–water partition coefficient (Wildman–Crippen LogP) is 4.57. The van der Waals surface area contributed by atoms with Crippen LogP contribution in [-0.2, 0) is 26.5 Å². The van der Waals surface area contributed by atoms with Crippen molar-refractivity contribution >= 4 is 25.0 Å². The predicted molar refractivity (Wildman–Crippen MR) is 103 cm³/mol. The number of aryl methyl sites for hydroxylation is 2. The van der Waals surface area contributed by atoms with Crippen molar-refractivity contribution in [3.05, 3.63) is 29.7 Å². The highest BCUT2D eigenvalue weighted by molar-refractivity contribution is 8.04. The van der Waals surface area contributed by atoms with E-state index in [9.17, 15) is 4.57 Å². The minimum absolute atomic E-state index is 0.380. The molecule has 8 heteroatoms. The van der Waals surface area contributed by atoms with Crippen molar-refractivity contribution in [2.75, 3.05) is 24.5 Å². The van der Waals surface area contributed by atoms with Gasteiger partial charge in [-0.1, -0.05) is 13.3 Å². The van der Waals surface area contributed by atoms with Crippen molar-refractivity contribution in [1.29, 1.82) is 0 Å². The van der Waals surface area contributed by atoms with E-state index in [1.54, 1.807) is 18.0 Å². The molecule has 140 valence electrons. The van der Waals surface area contributed by atoms with Crippen LogP contribution in [-0.4, -0.2) is 39.1 Å². The molecule has 2 heterocycles. The van der Waals surface area contributed by atoms with Crippen LogP contribution in [0.2, 0.25) is 0 Å². The standard InChI is InChI=1S/C17H28N3O3PS/c1-4-7-8-15-13-16(20-17(19-15)9-11-18-20)10-12-25-14-24(21,22-5-2)23-6-3/h9,11,13H,4-8,10,12,14H2,1-3H3. The second-order valence-electron chi connectivity index (χ2n) is 5.68. The van der Waals surface area contributed by atoms with Gasteiger partial charge >= 0.3 is 7.60 Å². The van der Waals surface area contributed by atoms with Crippen LogP contribution >= 0.6 is 19.4 Å². The van der Waals surface area contributed by atoms with Crippen molar-refractivity contribution in [1.82, 2.24) is 14.6 Å². The maximum Gasteiger partial charge on any atom is 0.340 e. The van der Waals surface area contributed by atoms with E-state index in [1.807, 2.05) is 24.4 Å². The Morgan fingerprint density at radius 1 is 1.20 bits per heavy atom. The van der Waals surface area contributed by atoms with Gasteiger partial charge in [0.1, 0.15) is 0 Å². The van der Waals surface area contributed by atoms with Gasteiger partial charge < -0.3 is 9.05 Å². The molecule has 0 amide bonds. The van der Waals surface area contributed by atoms with Crippen molar-refractivity contribution in [3.63, 3.8) is 0 Å². The van der Waals surface area contributed by atoms with E-state index in [4.69, 9.17) is 9.05 Å². The van der Waals surface area contributed by atoms with E-state index in [1.165, 1.54) is 0 Å². The first-order chi connectivity index (χ1) is 12.1. The van der Waals surface area contributed by atoms with Gasteiger partial charge in [0, 0.05) is 17.5 Å². The first kappa shape index (κ1) is 20.4. The maximum absolute atomic E-state index is 12.5. The molecule has 0 bridgehead atoms. The first-order valence-corrected chi connectivity index (χ1v) is 11.8. The van der Waals surface area contributed by atoms with Crippen molar-refractivity contribution in [2.24, 2.45) is 0 Å². The molecule has 0 saturated heterocycles. The van der Waals surface area contributed by atoms with Crippen LogP contribution < -0.4 is 0 Å². The quantitative estimate of drug-likeness (QED) is 0.394. The van der Waals surface area contributed by atoms with Crippen LogP contribution in [0, 0.1) is 0 Å². The summed E-state index contributed by atoms with van der Waals surface area (Å²) in [6, 6.07) is 4.07. The molecule has 0 radical (unpaired) electrons. The Bertz CT molecular complexity index is 698. The third-order valence-electron chi connectivity index (χ3n) is 3.68. The Kier molecular flexibility index (Phi) is 8.43. The zero-order valence-corrected chi connectivity index (χ0v) is 17.0. The second kappa shape index (κ2) is 10.3. The van der Waals surface area contributed by atoms with Crippen LogP contribution in [0.1, 0.15) is 45.0 Å². The molecule has 0 unspecified atom stereocenters. The molecule has 2 aromatic heterocycles. The lowest BCUT2D eigenvalue weighted by molar-refractivity contribution is 0.224. The monoisotopic (exact) mass is 385 g/mol. The number of hydrogen-bond acceptors (Lipinski definition) is 6. The van der Waals surface area contributed by atoms with Crippen LogP contribution in [0.25, 0.3) is 5.65 Å².